The van der Waals surface area contributed by atoms with E-state index in [-0.39, 0.29) is 12.3 Å². The number of carbonyl (C=O) groups is 1. The highest BCUT2D eigenvalue weighted by atomic mass is 16.4. The summed E-state index contributed by atoms with van der Waals surface area (Å²) in [5.74, 6) is 1.53. The summed E-state index contributed by atoms with van der Waals surface area (Å²) < 4.78 is 0. The lowest BCUT2D eigenvalue weighted by molar-refractivity contribution is -0.138. The minimum atomic E-state index is -0.712. The van der Waals surface area contributed by atoms with E-state index in [1.165, 1.54) is 0 Å². The van der Waals surface area contributed by atoms with Gasteiger partial charge in [0.15, 0.2) is 0 Å². The Morgan fingerprint density at radius 1 is 1.57 bits per heavy atom. The third-order valence-electron chi connectivity index (χ3n) is 4.11. The minimum Gasteiger partial charge on any atom is -0.481 e. The largest absolute Gasteiger partial charge is 0.481 e. The van der Waals surface area contributed by atoms with Crippen molar-refractivity contribution in [3.8, 4) is 0 Å². The Labute approximate surface area is 125 Å². The molecule has 2 heterocycles. The van der Waals surface area contributed by atoms with Crippen LogP contribution in [-0.4, -0.2) is 48.2 Å². The number of carboxylic acids is 1. The highest BCUT2D eigenvalue weighted by molar-refractivity contribution is 5.67. The maximum Gasteiger partial charge on any atom is 0.303 e. The van der Waals surface area contributed by atoms with E-state index in [2.05, 4.69) is 14.9 Å². The number of anilines is 2. The van der Waals surface area contributed by atoms with Crippen molar-refractivity contribution in [3.05, 3.63) is 12.3 Å². The Balaban J connectivity index is 2.07. The number of rotatable bonds is 5. The molecule has 6 heteroatoms. The van der Waals surface area contributed by atoms with Crippen LogP contribution in [0.15, 0.2) is 12.3 Å². The van der Waals surface area contributed by atoms with Gasteiger partial charge in [0.25, 0.3) is 0 Å². The monoisotopic (exact) mass is 292 g/mol. The molecule has 0 radical (unpaired) electrons. The maximum absolute atomic E-state index is 10.9. The third kappa shape index (κ3) is 4.06. The lowest BCUT2D eigenvalue weighted by Gasteiger charge is -2.36. The third-order valence-corrected chi connectivity index (χ3v) is 4.11. The highest BCUT2D eigenvalue weighted by Crippen LogP contribution is 2.28. The molecule has 2 unspecified atom stereocenters. The van der Waals surface area contributed by atoms with Gasteiger partial charge in [-0.15, -0.1) is 0 Å². The molecular formula is C15H24N4O2. The summed E-state index contributed by atoms with van der Waals surface area (Å²) in [5, 5.41) is 8.96. The number of hydrogen-bond acceptors (Lipinski definition) is 5. The Morgan fingerprint density at radius 3 is 3.00 bits per heavy atom. The number of piperidine rings is 1. The summed E-state index contributed by atoms with van der Waals surface area (Å²) in [7, 11) is 3.85. The molecule has 21 heavy (non-hydrogen) atoms. The van der Waals surface area contributed by atoms with E-state index in [4.69, 9.17) is 5.11 Å². The molecule has 116 valence electrons. The van der Waals surface area contributed by atoms with Gasteiger partial charge in [-0.3, -0.25) is 4.79 Å². The van der Waals surface area contributed by atoms with Gasteiger partial charge in [-0.1, -0.05) is 6.92 Å². The van der Waals surface area contributed by atoms with E-state index in [1.54, 1.807) is 6.20 Å². The smallest absolute Gasteiger partial charge is 0.303 e. The van der Waals surface area contributed by atoms with Crippen LogP contribution in [0, 0.1) is 11.8 Å². The van der Waals surface area contributed by atoms with Gasteiger partial charge in [0.1, 0.15) is 5.82 Å². The Hall–Kier alpha value is -1.85. The topological polar surface area (TPSA) is 69.6 Å². The first-order valence-electron chi connectivity index (χ1n) is 7.44. The Morgan fingerprint density at radius 2 is 2.33 bits per heavy atom. The molecule has 1 N–H and O–H groups in total. The van der Waals surface area contributed by atoms with Crippen molar-refractivity contribution in [1.29, 1.82) is 0 Å². The van der Waals surface area contributed by atoms with Gasteiger partial charge in [-0.25, -0.2) is 4.98 Å². The van der Waals surface area contributed by atoms with E-state index >= 15 is 0 Å². The van der Waals surface area contributed by atoms with Crippen LogP contribution in [0.1, 0.15) is 26.2 Å². The zero-order chi connectivity index (χ0) is 15.4. The Kier molecular flexibility index (Phi) is 4.98. The van der Waals surface area contributed by atoms with Crippen LogP contribution >= 0.6 is 0 Å². The number of carboxylic acid groups (broad SMARTS) is 1. The molecule has 0 aromatic carbocycles. The van der Waals surface area contributed by atoms with Crippen LogP contribution in [0.3, 0.4) is 0 Å². The van der Waals surface area contributed by atoms with Gasteiger partial charge < -0.3 is 14.9 Å². The van der Waals surface area contributed by atoms with Gasteiger partial charge in [0, 0.05) is 39.8 Å². The summed E-state index contributed by atoms with van der Waals surface area (Å²) >= 11 is 0. The molecule has 1 aliphatic heterocycles. The maximum atomic E-state index is 10.9. The van der Waals surface area contributed by atoms with Gasteiger partial charge >= 0.3 is 5.97 Å². The summed E-state index contributed by atoms with van der Waals surface area (Å²) in [5.41, 5.74) is 0. The molecule has 6 nitrogen and oxygen atoms in total. The first kappa shape index (κ1) is 15.5. The molecule has 0 saturated carbocycles. The van der Waals surface area contributed by atoms with Crippen molar-refractivity contribution in [1.82, 2.24) is 9.97 Å². The van der Waals surface area contributed by atoms with Gasteiger partial charge in [0.05, 0.1) is 0 Å². The van der Waals surface area contributed by atoms with E-state index in [0.29, 0.717) is 11.9 Å². The predicted molar refractivity (Wildman–Crippen MR) is 82.7 cm³/mol. The lowest BCUT2D eigenvalue weighted by Crippen LogP contribution is -2.39. The molecule has 0 amide bonds. The first-order valence-corrected chi connectivity index (χ1v) is 7.44. The Bertz CT molecular complexity index is 492. The van der Waals surface area contributed by atoms with E-state index < -0.39 is 5.97 Å². The molecule has 1 aliphatic rings. The number of aliphatic carboxylic acids is 1. The summed E-state index contributed by atoms with van der Waals surface area (Å²) in [4.78, 5) is 23.8. The lowest BCUT2D eigenvalue weighted by atomic mass is 9.84. The highest BCUT2D eigenvalue weighted by Gasteiger charge is 2.26. The molecule has 2 rings (SSSR count). The second-order valence-corrected chi connectivity index (χ2v) is 6.03. The molecule has 1 aromatic heterocycles. The first-order chi connectivity index (χ1) is 9.97. The number of hydrogen-bond donors (Lipinski definition) is 1. The van der Waals surface area contributed by atoms with Crippen LogP contribution in [0.5, 0.6) is 0 Å². The molecule has 2 atom stereocenters. The summed E-state index contributed by atoms with van der Waals surface area (Å²) in [6.45, 7) is 3.88. The normalized spacial score (nSPS) is 20.1. The summed E-state index contributed by atoms with van der Waals surface area (Å²) in [6, 6.07) is 1.93. The molecular weight excluding hydrogens is 268 g/mol. The van der Waals surface area contributed by atoms with Gasteiger partial charge in [-0.2, -0.15) is 4.98 Å². The van der Waals surface area contributed by atoms with Crippen molar-refractivity contribution in [2.75, 3.05) is 37.0 Å². The molecule has 0 aliphatic carbocycles. The molecule has 0 bridgehead atoms. The molecule has 1 saturated heterocycles. The van der Waals surface area contributed by atoms with Crippen LogP contribution in [0.25, 0.3) is 0 Å². The SMILES string of the molecule is CC(CC(=O)O)C1CCCN(c2ccnc(N(C)C)n2)C1. The van der Waals surface area contributed by atoms with Gasteiger partial charge in [-0.05, 0) is 30.7 Å². The predicted octanol–water partition coefficient (Wildman–Crippen LogP) is 1.87. The quantitative estimate of drug-likeness (QED) is 0.893. The number of aromatic nitrogens is 2. The molecule has 0 spiro atoms. The average Bonchev–Trinajstić information content (AvgIpc) is 2.47. The average molecular weight is 292 g/mol. The van der Waals surface area contributed by atoms with Crippen molar-refractivity contribution in [3.63, 3.8) is 0 Å². The van der Waals surface area contributed by atoms with Crippen LogP contribution in [-0.2, 0) is 4.79 Å². The van der Waals surface area contributed by atoms with Crippen LogP contribution < -0.4 is 9.80 Å². The minimum absolute atomic E-state index is 0.195. The van der Waals surface area contributed by atoms with Crippen molar-refractivity contribution in [2.24, 2.45) is 11.8 Å². The zero-order valence-corrected chi connectivity index (χ0v) is 13.0. The second-order valence-electron chi connectivity index (χ2n) is 6.03. The fourth-order valence-electron chi connectivity index (χ4n) is 2.86. The fraction of sp³-hybridized carbons (Fsp3) is 0.667. The summed E-state index contributed by atoms with van der Waals surface area (Å²) in [6.07, 6.45) is 4.19. The van der Waals surface area contributed by atoms with Gasteiger partial charge in [0.2, 0.25) is 5.95 Å². The van der Waals surface area contributed by atoms with Crippen LogP contribution in [0.4, 0.5) is 11.8 Å². The van der Waals surface area contributed by atoms with E-state index in [0.717, 1.165) is 31.7 Å². The van der Waals surface area contributed by atoms with Crippen molar-refractivity contribution >= 4 is 17.7 Å². The molecule has 1 aromatic rings. The van der Waals surface area contributed by atoms with E-state index in [9.17, 15) is 4.79 Å². The van der Waals surface area contributed by atoms with Crippen molar-refractivity contribution < 1.29 is 9.90 Å². The standard InChI is InChI=1S/C15H24N4O2/c1-11(9-14(20)21)12-5-4-8-19(10-12)13-6-7-16-15(17-13)18(2)3/h6-7,11-12H,4-5,8-10H2,1-3H3,(H,20,21). The second kappa shape index (κ2) is 6.74. The van der Waals surface area contributed by atoms with E-state index in [1.807, 2.05) is 32.0 Å². The fourth-order valence-corrected chi connectivity index (χ4v) is 2.86. The van der Waals surface area contributed by atoms with Crippen LogP contribution in [0.2, 0.25) is 0 Å². The number of nitrogens with zero attached hydrogens (tertiary/aromatic N) is 4. The molecule has 1 fully saturated rings. The van der Waals surface area contributed by atoms with Crippen molar-refractivity contribution in [2.45, 2.75) is 26.2 Å². The zero-order valence-electron chi connectivity index (χ0n) is 13.0.